The SMILES string of the molecule is O=C(O)CCCCCCC(=O)Nc1ccc(C2OC(c3ccc(CO)cc3)C[C@H](CSc3nc(-c4ccccc4)c(-c4ccccc4)o3)O2)cc1. The van der Waals surface area contributed by atoms with Crippen molar-refractivity contribution in [3.8, 4) is 22.6 Å². The molecule has 0 aliphatic carbocycles. The minimum Gasteiger partial charge on any atom is -0.481 e. The van der Waals surface area contributed by atoms with E-state index in [2.05, 4.69) is 5.32 Å². The minimum absolute atomic E-state index is 0.0292. The lowest BCUT2D eigenvalue weighted by Gasteiger charge is -2.36. The Balaban J connectivity index is 1.13. The Morgan fingerprint density at radius 3 is 2.08 bits per heavy atom. The van der Waals surface area contributed by atoms with E-state index in [-0.39, 0.29) is 31.1 Å². The lowest BCUT2D eigenvalue weighted by atomic mass is 10.0. The lowest BCUT2D eigenvalue weighted by molar-refractivity contribution is -0.245. The smallest absolute Gasteiger partial charge is 0.303 e. The number of aliphatic hydroxyl groups is 1. The number of carboxylic acids is 1. The van der Waals surface area contributed by atoms with E-state index in [1.54, 1.807) is 0 Å². The van der Waals surface area contributed by atoms with Crippen molar-refractivity contribution in [1.82, 2.24) is 4.98 Å². The zero-order valence-electron chi connectivity index (χ0n) is 28.3. The maximum atomic E-state index is 12.5. The van der Waals surface area contributed by atoms with Gasteiger partial charge in [-0.05, 0) is 36.1 Å². The molecule has 0 saturated carbocycles. The van der Waals surface area contributed by atoms with Crippen LogP contribution < -0.4 is 5.32 Å². The predicted octanol–water partition coefficient (Wildman–Crippen LogP) is 9.20. The third-order valence-electron chi connectivity index (χ3n) is 8.71. The first kappa shape index (κ1) is 36.1. The summed E-state index contributed by atoms with van der Waals surface area (Å²) in [6.45, 7) is -0.0292. The van der Waals surface area contributed by atoms with Gasteiger partial charge in [-0.1, -0.05) is 122 Å². The van der Waals surface area contributed by atoms with Crippen LogP contribution in [0.1, 0.15) is 74.0 Å². The van der Waals surface area contributed by atoms with Gasteiger partial charge in [0.2, 0.25) is 5.91 Å². The summed E-state index contributed by atoms with van der Waals surface area (Å²) >= 11 is 1.51. The molecule has 4 aromatic carbocycles. The average molecular weight is 707 g/mol. The number of benzene rings is 4. The molecule has 2 heterocycles. The van der Waals surface area contributed by atoms with Gasteiger partial charge in [0, 0.05) is 47.4 Å². The van der Waals surface area contributed by atoms with Crippen LogP contribution in [0.2, 0.25) is 0 Å². The van der Waals surface area contributed by atoms with Gasteiger partial charge >= 0.3 is 5.97 Å². The molecule has 0 bridgehead atoms. The van der Waals surface area contributed by atoms with Crippen LogP contribution in [0.15, 0.2) is 119 Å². The van der Waals surface area contributed by atoms with Crippen LogP contribution in [0.25, 0.3) is 22.6 Å². The Morgan fingerprint density at radius 1 is 0.765 bits per heavy atom. The highest BCUT2D eigenvalue weighted by molar-refractivity contribution is 7.99. The predicted molar refractivity (Wildman–Crippen MR) is 197 cm³/mol. The van der Waals surface area contributed by atoms with Crippen LogP contribution >= 0.6 is 11.8 Å². The molecule has 10 heteroatoms. The van der Waals surface area contributed by atoms with Crippen molar-refractivity contribution >= 4 is 29.3 Å². The molecule has 6 rings (SSSR count). The quantitative estimate of drug-likeness (QED) is 0.0679. The van der Waals surface area contributed by atoms with Crippen LogP contribution in [0, 0.1) is 0 Å². The molecule has 1 aromatic heterocycles. The van der Waals surface area contributed by atoms with Gasteiger partial charge in [0.15, 0.2) is 12.1 Å². The Bertz CT molecular complexity index is 1790. The summed E-state index contributed by atoms with van der Waals surface area (Å²) in [6, 6.07) is 35.3. The summed E-state index contributed by atoms with van der Waals surface area (Å²) in [5.74, 6) is 0.438. The second-order valence-corrected chi connectivity index (χ2v) is 13.5. The molecule has 3 atom stereocenters. The third-order valence-corrected chi connectivity index (χ3v) is 9.67. The molecule has 1 saturated heterocycles. The lowest BCUT2D eigenvalue weighted by Crippen LogP contribution is -2.31. The zero-order chi connectivity index (χ0) is 35.4. The van der Waals surface area contributed by atoms with Crippen LogP contribution in [-0.2, 0) is 25.7 Å². The summed E-state index contributed by atoms with van der Waals surface area (Å²) in [5.41, 5.74) is 6.06. The number of aliphatic carboxylic acids is 1. The van der Waals surface area contributed by atoms with E-state index in [9.17, 15) is 14.7 Å². The number of anilines is 1. The second kappa shape index (κ2) is 18.0. The van der Waals surface area contributed by atoms with E-state index in [0.717, 1.165) is 52.1 Å². The number of hydrogen-bond donors (Lipinski definition) is 3. The first-order chi connectivity index (χ1) is 24.9. The van der Waals surface area contributed by atoms with Crippen molar-refractivity contribution in [2.45, 2.75) is 75.3 Å². The number of oxazole rings is 1. The van der Waals surface area contributed by atoms with Gasteiger partial charge in [-0.15, -0.1) is 0 Å². The molecule has 1 aliphatic rings. The molecule has 0 spiro atoms. The summed E-state index contributed by atoms with van der Waals surface area (Å²) in [7, 11) is 0. The van der Waals surface area contributed by atoms with Gasteiger partial charge in [0.1, 0.15) is 5.69 Å². The Morgan fingerprint density at radius 2 is 1.41 bits per heavy atom. The van der Waals surface area contributed by atoms with E-state index in [4.69, 9.17) is 24.0 Å². The van der Waals surface area contributed by atoms with E-state index < -0.39 is 12.3 Å². The minimum atomic E-state index is -0.789. The Hall–Kier alpha value is -4.74. The van der Waals surface area contributed by atoms with Gasteiger partial charge in [-0.25, -0.2) is 4.98 Å². The number of carbonyl (C=O) groups excluding carboxylic acids is 1. The number of ether oxygens (including phenoxy) is 2. The normalized spacial score (nSPS) is 17.2. The molecule has 1 amide bonds. The number of rotatable bonds is 16. The van der Waals surface area contributed by atoms with E-state index in [0.29, 0.717) is 42.3 Å². The van der Waals surface area contributed by atoms with Gasteiger partial charge in [0.25, 0.3) is 5.22 Å². The van der Waals surface area contributed by atoms with Crippen LogP contribution in [0.4, 0.5) is 5.69 Å². The molecule has 1 fully saturated rings. The van der Waals surface area contributed by atoms with Gasteiger partial charge in [-0.3, -0.25) is 9.59 Å². The molecule has 2 unspecified atom stereocenters. The van der Waals surface area contributed by atoms with Crippen LogP contribution in [0.5, 0.6) is 0 Å². The highest BCUT2D eigenvalue weighted by Gasteiger charge is 2.33. The van der Waals surface area contributed by atoms with E-state index >= 15 is 0 Å². The number of carboxylic acid groups (broad SMARTS) is 1. The Labute approximate surface area is 302 Å². The molecule has 1 aliphatic heterocycles. The second-order valence-electron chi connectivity index (χ2n) is 12.5. The summed E-state index contributed by atoms with van der Waals surface area (Å²) < 4.78 is 19.4. The standard InChI is InChI=1S/C41H42N2O7S/c44-26-28-17-19-29(20-18-28)35-25-34(27-51-41-43-38(30-11-5-3-6-12-30)39(50-41)31-13-7-4-8-14-31)48-40(49-35)32-21-23-33(24-22-32)42-36(45)15-9-1-2-10-16-37(46)47/h3-8,11-14,17-24,34-35,40,44H,1-2,9-10,15-16,25-27H2,(H,42,45)(H,46,47)/t34-,35?,40?/m1/s1. The number of nitrogens with zero attached hydrogens (tertiary/aromatic N) is 1. The number of thioether (sulfide) groups is 1. The number of hydrogen-bond acceptors (Lipinski definition) is 8. The fraction of sp³-hybridized carbons (Fsp3) is 0.293. The fourth-order valence-electron chi connectivity index (χ4n) is 5.99. The van der Waals surface area contributed by atoms with Gasteiger partial charge in [0.05, 0.1) is 18.8 Å². The molecule has 3 N–H and O–H groups in total. The molecular formula is C41H42N2O7S. The van der Waals surface area contributed by atoms with E-state index in [1.807, 2.05) is 109 Å². The van der Waals surface area contributed by atoms with Crippen molar-refractivity contribution < 1.29 is 33.7 Å². The Kier molecular flexibility index (Phi) is 12.7. The highest BCUT2D eigenvalue weighted by Crippen LogP contribution is 2.41. The average Bonchev–Trinajstić information content (AvgIpc) is 3.61. The summed E-state index contributed by atoms with van der Waals surface area (Å²) in [5, 5.41) is 21.8. The number of carbonyl (C=O) groups is 2. The van der Waals surface area contributed by atoms with Gasteiger partial charge in [-0.2, -0.15) is 0 Å². The van der Waals surface area contributed by atoms with Gasteiger partial charge < -0.3 is 29.4 Å². The number of nitrogens with one attached hydrogen (secondary N) is 1. The van der Waals surface area contributed by atoms with Crippen molar-refractivity contribution in [2.24, 2.45) is 0 Å². The van der Waals surface area contributed by atoms with Crippen molar-refractivity contribution in [1.29, 1.82) is 0 Å². The first-order valence-electron chi connectivity index (χ1n) is 17.3. The van der Waals surface area contributed by atoms with Crippen molar-refractivity contribution in [3.05, 3.63) is 126 Å². The molecule has 0 radical (unpaired) electrons. The van der Waals surface area contributed by atoms with Crippen molar-refractivity contribution in [3.63, 3.8) is 0 Å². The molecular weight excluding hydrogens is 665 g/mol. The molecule has 51 heavy (non-hydrogen) atoms. The molecule has 5 aromatic rings. The summed E-state index contributed by atoms with van der Waals surface area (Å²) in [4.78, 5) is 28.1. The first-order valence-corrected chi connectivity index (χ1v) is 18.3. The number of aliphatic hydroxyl groups excluding tert-OH is 1. The largest absolute Gasteiger partial charge is 0.481 e. The monoisotopic (exact) mass is 706 g/mol. The van der Waals surface area contributed by atoms with Crippen LogP contribution in [0.3, 0.4) is 0 Å². The maximum Gasteiger partial charge on any atom is 0.303 e. The van der Waals surface area contributed by atoms with Crippen LogP contribution in [-0.4, -0.2) is 38.9 Å². The summed E-state index contributed by atoms with van der Waals surface area (Å²) in [6.07, 6.45) is 3.01. The number of aromatic nitrogens is 1. The zero-order valence-corrected chi connectivity index (χ0v) is 29.1. The highest BCUT2D eigenvalue weighted by atomic mass is 32.2. The number of unbranched alkanes of at least 4 members (excludes halogenated alkanes) is 3. The third kappa shape index (κ3) is 10.2. The topological polar surface area (TPSA) is 131 Å². The number of amides is 1. The fourth-order valence-corrected chi connectivity index (χ4v) is 6.83. The molecule has 9 nitrogen and oxygen atoms in total. The van der Waals surface area contributed by atoms with Crippen molar-refractivity contribution in [2.75, 3.05) is 11.1 Å². The molecule has 264 valence electrons. The van der Waals surface area contributed by atoms with E-state index in [1.165, 1.54) is 11.8 Å². The maximum absolute atomic E-state index is 12.5.